The third-order valence-corrected chi connectivity index (χ3v) is 3.02. The molecule has 2 aromatic rings. The molecule has 0 unspecified atom stereocenters. The zero-order valence-corrected chi connectivity index (χ0v) is 10.7. The number of nitrogens with zero attached hydrogens (tertiary/aromatic N) is 4. The SMILES string of the molecule is N#Cc1nc(O)c(-c2ccc(Cl)c(Cl)c2)nc1C#N. The summed E-state index contributed by atoms with van der Waals surface area (Å²) in [6.07, 6.45) is 0. The number of nitriles is 2. The Labute approximate surface area is 118 Å². The molecule has 2 rings (SSSR count). The average Bonchev–Trinajstić information content (AvgIpc) is 2.41. The van der Waals surface area contributed by atoms with E-state index in [4.69, 9.17) is 33.7 Å². The summed E-state index contributed by atoms with van der Waals surface area (Å²) in [4.78, 5) is 7.53. The number of hydrogen-bond donors (Lipinski definition) is 1. The highest BCUT2D eigenvalue weighted by molar-refractivity contribution is 6.42. The highest BCUT2D eigenvalue weighted by Crippen LogP contribution is 2.31. The van der Waals surface area contributed by atoms with Gasteiger partial charge in [-0.2, -0.15) is 15.5 Å². The molecule has 0 aliphatic carbocycles. The van der Waals surface area contributed by atoms with E-state index in [2.05, 4.69) is 9.97 Å². The van der Waals surface area contributed by atoms with E-state index in [1.54, 1.807) is 18.2 Å². The molecule has 0 atom stereocenters. The van der Waals surface area contributed by atoms with Gasteiger partial charge in [-0.3, -0.25) is 0 Å². The molecule has 0 aliphatic heterocycles. The van der Waals surface area contributed by atoms with Gasteiger partial charge in [0.05, 0.1) is 10.0 Å². The largest absolute Gasteiger partial charge is 0.492 e. The molecule has 92 valence electrons. The van der Waals surface area contributed by atoms with Crippen molar-refractivity contribution in [2.45, 2.75) is 0 Å². The van der Waals surface area contributed by atoms with Crippen LogP contribution in [0.15, 0.2) is 18.2 Å². The molecule has 7 heteroatoms. The Kier molecular flexibility index (Phi) is 3.52. The zero-order valence-electron chi connectivity index (χ0n) is 9.22. The first kappa shape index (κ1) is 13.1. The van der Waals surface area contributed by atoms with Crippen LogP contribution in [0, 0.1) is 22.7 Å². The highest BCUT2D eigenvalue weighted by atomic mass is 35.5. The molecular formula is C12H4Cl2N4O. The van der Waals surface area contributed by atoms with Gasteiger partial charge in [-0.15, -0.1) is 0 Å². The van der Waals surface area contributed by atoms with Crippen molar-refractivity contribution in [3.05, 3.63) is 39.6 Å². The van der Waals surface area contributed by atoms with E-state index in [0.29, 0.717) is 10.6 Å². The van der Waals surface area contributed by atoms with Gasteiger partial charge >= 0.3 is 0 Å². The molecule has 1 aromatic heterocycles. The van der Waals surface area contributed by atoms with Crippen molar-refractivity contribution in [3.63, 3.8) is 0 Å². The molecule has 0 saturated carbocycles. The Morgan fingerprint density at radius 1 is 1.00 bits per heavy atom. The van der Waals surface area contributed by atoms with Crippen molar-refractivity contribution < 1.29 is 5.11 Å². The molecule has 0 bridgehead atoms. The predicted molar refractivity (Wildman–Crippen MR) is 68.6 cm³/mol. The first-order valence-electron chi connectivity index (χ1n) is 4.93. The van der Waals surface area contributed by atoms with E-state index in [-0.39, 0.29) is 22.1 Å². The number of aromatic hydroxyl groups is 1. The number of hydrogen-bond acceptors (Lipinski definition) is 5. The maximum Gasteiger partial charge on any atom is 0.239 e. The molecule has 1 heterocycles. The number of aromatic nitrogens is 2. The molecule has 0 spiro atoms. The quantitative estimate of drug-likeness (QED) is 0.871. The third kappa shape index (κ3) is 2.43. The van der Waals surface area contributed by atoms with Crippen LogP contribution in [0.3, 0.4) is 0 Å². The third-order valence-electron chi connectivity index (χ3n) is 2.28. The number of benzene rings is 1. The minimum Gasteiger partial charge on any atom is -0.492 e. The summed E-state index contributed by atoms with van der Waals surface area (Å²) in [5, 5.41) is 28.0. The van der Waals surface area contributed by atoms with Crippen LogP contribution in [-0.2, 0) is 0 Å². The Balaban J connectivity index is 2.66. The summed E-state index contributed by atoms with van der Waals surface area (Å²) in [6.45, 7) is 0. The molecule has 0 aliphatic rings. The van der Waals surface area contributed by atoms with Crippen molar-refractivity contribution in [1.82, 2.24) is 9.97 Å². The van der Waals surface area contributed by atoms with E-state index in [1.165, 1.54) is 12.1 Å². The Bertz CT molecular complexity index is 747. The summed E-state index contributed by atoms with van der Waals surface area (Å²) >= 11 is 11.7. The van der Waals surface area contributed by atoms with Gasteiger partial charge in [-0.1, -0.05) is 29.3 Å². The molecule has 0 saturated heterocycles. The summed E-state index contributed by atoms with van der Waals surface area (Å²) in [7, 11) is 0. The molecule has 1 aromatic carbocycles. The van der Waals surface area contributed by atoms with Crippen LogP contribution in [0.2, 0.25) is 10.0 Å². The lowest BCUT2D eigenvalue weighted by Crippen LogP contribution is -1.97. The summed E-state index contributed by atoms with van der Waals surface area (Å²) in [5.41, 5.74) is 0.111. The van der Waals surface area contributed by atoms with Gasteiger partial charge in [0.2, 0.25) is 5.88 Å². The number of halogens is 2. The smallest absolute Gasteiger partial charge is 0.239 e. The molecular weight excluding hydrogens is 287 g/mol. The minimum atomic E-state index is -0.450. The van der Waals surface area contributed by atoms with E-state index in [0.717, 1.165) is 0 Å². The first-order valence-corrected chi connectivity index (χ1v) is 5.69. The predicted octanol–water partition coefficient (Wildman–Crippen LogP) is 2.90. The van der Waals surface area contributed by atoms with Gasteiger partial charge in [-0.05, 0) is 12.1 Å². The fraction of sp³-hybridized carbons (Fsp3) is 0. The van der Waals surface area contributed by atoms with Gasteiger partial charge in [0.15, 0.2) is 11.4 Å². The van der Waals surface area contributed by atoms with Crippen molar-refractivity contribution >= 4 is 23.2 Å². The second-order valence-corrected chi connectivity index (χ2v) is 4.26. The average molecular weight is 291 g/mol. The van der Waals surface area contributed by atoms with Gasteiger partial charge in [0.1, 0.15) is 17.8 Å². The summed E-state index contributed by atoms with van der Waals surface area (Å²) < 4.78 is 0. The zero-order chi connectivity index (χ0) is 14.0. The molecule has 19 heavy (non-hydrogen) atoms. The minimum absolute atomic E-state index is 0.0640. The fourth-order valence-corrected chi connectivity index (χ4v) is 1.72. The van der Waals surface area contributed by atoms with Gasteiger partial charge < -0.3 is 5.11 Å². The standard InChI is InChI=1S/C12H4Cl2N4O/c13-7-2-1-6(3-8(7)14)11-12(19)18-10(5-16)9(4-15)17-11/h1-3H,(H,18,19). The van der Waals surface area contributed by atoms with Crippen LogP contribution in [0.5, 0.6) is 5.88 Å². The second kappa shape index (κ2) is 5.11. The molecule has 5 nitrogen and oxygen atoms in total. The van der Waals surface area contributed by atoms with Crippen molar-refractivity contribution in [2.75, 3.05) is 0 Å². The Hall–Kier alpha value is -2.34. The van der Waals surface area contributed by atoms with Gasteiger partial charge in [0, 0.05) is 5.56 Å². The lowest BCUT2D eigenvalue weighted by Gasteiger charge is -2.05. The van der Waals surface area contributed by atoms with Crippen LogP contribution >= 0.6 is 23.2 Å². The topological polar surface area (TPSA) is 93.6 Å². The van der Waals surface area contributed by atoms with Crippen molar-refractivity contribution in [2.24, 2.45) is 0 Å². The Morgan fingerprint density at radius 3 is 2.21 bits per heavy atom. The normalized spacial score (nSPS) is 9.68. The van der Waals surface area contributed by atoms with Crippen molar-refractivity contribution in [3.8, 4) is 29.3 Å². The van der Waals surface area contributed by atoms with Crippen LogP contribution < -0.4 is 0 Å². The first-order chi connectivity index (χ1) is 9.06. The van der Waals surface area contributed by atoms with E-state index >= 15 is 0 Å². The van der Waals surface area contributed by atoms with E-state index in [1.807, 2.05) is 0 Å². The van der Waals surface area contributed by atoms with Gasteiger partial charge in [-0.25, -0.2) is 4.98 Å². The second-order valence-electron chi connectivity index (χ2n) is 3.45. The maximum absolute atomic E-state index is 9.75. The lowest BCUT2D eigenvalue weighted by atomic mass is 10.1. The molecule has 1 N–H and O–H groups in total. The highest BCUT2D eigenvalue weighted by Gasteiger charge is 2.15. The van der Waals surface area contributed by atoms with Crippen LogP contribution in [-0.4, -0.2) is 15.1 Å². The fourth-order valence-electron chi connectivity index (χ4n) is 1.42. The van der Waals surface area contributed by atoms with E-state index < -0.39 is 5.88 Å². The monoisotopic (exact) mass is 290 g/mol. The van der Waals surface area contributed by atoms with Crippen LogP contribution in [0.1, 0.15) is 11.4 Å². The van der Waals surface area contributed by atoms with E-state index in [9.17, 15) is 5.11 Å². The summed E-state index contributed by atoms with van der Waals surface area (Å²) in [5.74, 6) is -0.450. The Morgan fingerprint density at radius 2 is 1.63 bits per heavy atom. The summed E-state index contributed by atoms with van der Waals surface area (Å²) in [6, 6.07) is 8.02. The molecule has 0 radical (unpaired) electrons. The van der Waals surface area contributed by atoms with Crippen LogP contribution in [0.25, 0.3) is 11.3 Å². The maximum atomic E-state index is 9.75. The lowest BCUT2D eigenvalue weighted by molar-refractivity contribution is 0.452. The molecule has 0 fully saturated rings. The van der Waals surface area contributed by atoms with Crippen LogP contribution in [0.4, 0.5) is 0 Å². The van der Waals surface area contributed by atoms with Gasteiger partial charge in [0.25, 0.3) is 0 Å². The molecule has 0 amide bonds. The number of rotatable bonds is 1. The van der Waals surface area contributed by atoms with Crippen molar-refractivity contribution in [1.29, 1.82) is 10.5 Å².